The third-order valence-corrected chi connectivity index (χ3v) is 5.12. The Morgan fingerprint density at radius 1 is 1.24 bits per heavy atom. The van der Waals surface area contributed by atoms with E-state index in [1.54, 1.807) is 0 Å². The van der Waals surface area contributed by atoms with Gasteiger partial charge in [0.2, 0.25) is 5.91 Å². The van der Waals surface area contributed by atoms with E-state index in [0.717, 1.165) is 38.3 Å². The van der Waals surface area contributed by atoms with E-state index < -0.39 is 0 Å². The molecule has 0 saturated heterocycles. The van der Waals surface area contributed by atoms with Crippen LogP contribution in [0.2, 0.25) is 0 Å². The summed E-state index contributed by atoms with van der Waals surface area (Å²) >= 11 is 0. The van der Waals surface area contributed by atoms with Crippen molar-refractivity contribution < 1.29 is 4.79 Å². The Bertz CT molecular complexity index is 492. The number of hydrogen-bond donors (Lipinski definition) is 2. The summed E-state index contributed by atoms with van der Waals surface area (Å²) in [4.78, 5) is 12.2. The van der Waals surface area contributed by atoms with Crippen molar-refractivity contribution in [2.24, 2.45) is 11.8 Å². The van der Waals surface area contributed by atoms with Crippen molar-refractivity contribution in [1.82, 2.24) is 5.32 Å². The molecule has 114 valence electrons. The van der Waals surface area contributed by atoms with Crippen LogP contribution in [0.1, 0.15) is 50.5 Å². The third-order valence-electron chi connectivity index (χ3n) is 5.12. The SMILES string of the molecule is CC1CCC(C(=O)NCCC2CNc3ccccc32)CC1. The molecular weight excluding hydrogens is 260 g/mol. The first kappa shape index (κ1) is 14.4. The number of fused-ring (bicyclic) bond motifs is 1. The normalized spacial score (nSPS) is 27.8. The van der Waals surface area contributed by atoms with Crippen LogP contribution < -0.4 is 10.6 Å². The molecule has 0 bridgehead atoms. The van der Waals surface area contributed by atoms with Crippen molar-refractivity contribution in [3.05, 3.63) is 29.8 Å². The van der Waals surface area contributed by atoms with Gasteiger partial charge in [0.1, 0.15) is 0 Å². The molecular formula is C18H26N2O. The molecule has 2 N–H and O–H groups in total. The summed E-state index contributed by atoms with van der Waals surface area (Å²) in [5, 5.41) is 6.60. The van der Waals surface area contributed by atoms with Gasteiger partial charge in [-0.25, -0.2) is 0 Å². The van der Waals surface area contributed by atoms with Gasteiger partial charge in [-0.1, -0.05) is 25.1 Å². The Labute approximate surface area is 127 Å². The predicted octanol–water partition coefficient (Wildman–Crippen LogP) is 3.53. The molecule has 3 rings (SSSR count). The first-order valence-electron chi connectivity index (χ1n) is 8.34. The van der Waals surface area contributed by atoms with Gasteiger partial charge in [-0.2, -0.15) is 0 Å². The third kappa shape index (κ3) is 3.39. The standard InChI is InChI=1S/C18H26N2O/c1-13-6-8-14(9-7-13)18(21)19-11-10-15-12-20-17-5-3-2-4-16(15)17/h2-5,13-15,20H,6-12H2,1H3,(H,19,21). The minimum absolute atomic E-state index is 0.259. The van der Waals surface area contributed by atoms with E-state index in [0.29, 0.717) is 5.92 Å². The lowest BCUT2D eigenvalue weighted by Crippen LogP contribution is -2.34. The van der Waals surface area contributed by atoms with Gasteiger partial charge in [-0.05, 0) is 49.7 Å². The fourth-order valence-corrected chi connectivity index (χ4v) is 3.65. The van der Waals surface area contributed by atoms with Crippen molar-refractivity contribution in [3.8, 4) is 0 Å². The van der Waals surface area contributed by atoms with Crippen LogP contribution >= 0.6 is 0 Å². The van der Waals surface area contributed by atoms with E-state index in [2.05, 4.69) is 41.8 Å². The maximum Gasteiger partial charge on any atom is 0.223 e. The molecule has 1 aromatic carbocycles. The van der Waals surface area contributed by atoms with Gasteiger partial charge in [0, 0.05) is 30.6 Å². The van der Waals surface area contributed by atoms with Gasteiger partial charge in [-0.15, -0.1) is 0 Å². The average molecular weight is 286 g/mol. The minimum Gasteiger partial charge on any atom is -0.384 e. The summed E-state index contributed by atoms with van der Waals surface area (Å²) in [5.74, 6) is 1.87. The fourth-order valence-electron chi connectivity index (χ4n) is 3.65. The quantitative estimate of drug-likeness (QED) is 0.889. The lowest BCUT2D eigenvalue weighted by Gasteiger charge is -2.25. The number of hydrogen-bond acceptors (Lipinski definition) is 2. The van der Waals surface area contributed by atoms with Gasteiger partial charge >= 0.3 is 0 Å². The Kier molecular flexibility index (Phi) is 4.47. The second-order valence-corrected chi connectivity index (χ2v) is 6.70. The Morgan fingerprint density at radius 2 is 2.00 bits per heavy atom. The topological polar surface area (TPSA) is 41.1 Å². The molecule has 0 aromatic heterocycles. The molecule has 1 heterocycles. The number of amides is 1. The van der Waals surface area contributed by atoms with E-state index in [-0.39, 0.29) is 11.8 Å². The molecule has 0 radical (unpaired) electrons. The smallest absolute Gasteiger partial charge is 0.223 e. The molecule has 21 heavy (non-hydrogen) atoms. The second kappa shape index (κ2) is 6.50. The lowest BCUT2D eigenvalue weighted by atomic mass is 9.82. The lowest BCUT2D eigenvalue weighted by molar-refractivity contribution is -0.126. The van der Waals surface area contributed by atoms with Gasteiger partial charge < -0.3 is 10.6 Å². The number of carbonyl (C=O) groups is 1. The van der Waals surface area contributed by atoms with Crippen molar-refractivity contribution in [3.63, 3.8) is 0 Å². The summed E-state index contributed by atoms with van der Waals surface area (Å²) in [6, 6.07) is 8.50. The molecule has 1 unspecified atom stereocenters. The zero-order valence-corrected chi connectivity index (χ0v) is 12.9. The molecule has 1 fully saturated rings. The number of anilines is 1. The zero-order valence-electron chi connectivity index (χ0n) is 12.9. The van der Waals surface area contributed by atoms with Crippen molar-refractivity contribution in [1.29, 1.82) is 0 Å². The zero-order chi connectivity index (χ0) is 14.7. The van der Waals surface area contributed by atoms with Crippen LogP contribution in [0.15, 0.2) is 24.3 Å². The van der Waals surface area contributed by atoms with Crippen LogP contribution in [0.4, 0.5) is 5.69 Å². The van der Waals surface area contributed by atoms with E-state index in [9.17, 15) is 4.79 Å². The predicted molar refractivity (Wildman–Crippen MR) is 86.4 cm³/mol. The molecule has 2 aliphatic rings. The molecule has 1 aliphatic carbocycles. The fraction of sp³-hybridized carbons (Fsp3) is 0.611. The highest BCUT2D eigenvalue weighted by atomic mass is 16.1. The number of para-hydroxylation sites is 1. The molecule has 3 nitrogen and oxygen atoms in total. The van der Waals surface area contributed by atoms with Crippen LogP contribution in [-0.4, -0.2) is 19.0 Å². The summed E-state index contributed by atoms with van der Waals surface area (Å²) in [7, 11) is 0. The molecule has 1 aromatic rings. The summed E-state index contributed by atoms with van der Waals surface area (Å²) in [5.41, 5.74) is 2.66. The number of benzene rings is 1. The van der Waals surface area contributed by atoms with E-state index >= 15 is 0 Å². The van der Waals surface area contributed by atoms with Crippen LogP contribution in [0, 0.1) is 11.8 Å². The molecule has 1 amide bonds. The van der Waals surface area contributed by atoms with E-state index in [4.69, 9.17) is 0 Å². The maximum absolute atomic E-state index is 12.2. The highest BCUT2D eigenvalue weighted by Gasteiger charge is 2.25. The van der Waals surface area contributed by atoms with Crippen LogP contribution in [-0.2, 0) is 4.79 Å². The van der Waals surface area contributed by atoms with Crippen molar-refractivity contribution in [2.45, 2.75) is 44.9 Å². The summed E-state index contributed by atoms with van der Waals surface area (Å²) < 4.78 is 0. The van der Waals surface area contributed by atoms with E-state index in [1.165, 1.54) is 24.1 Å². The number of rotatable bonds is 4. The molecule has 1 saturated carbocycles. The second-order valence-electron chi connectivity index (χ2n) is 6.70. The van der Waals surface area contributed by atoms with Gasteiger partial charge in [0.25, 0.3) is 0 Å². The molecule has 3 heteroatoms. The maximum atomic E-state index is 12.2. The Hall–Kier alpha value is -1.51. The van der Waals surface area contributed by atoms with Gasteiger partial charge in [-0.3, -0.25) is 4.79 Å². The Morgan fingerprint density at radius 3 is 2.81 bits per heavy atom. The first-order chi connectivity index (χ1) is 10.2. The highest BCUT2D eigenvalue weighted by Crippen LogP contribution is 2.33. The average Bonchev–Trinajstić information content (AvgIpc) is 2.91. The molecule has 1 atom stereocenters. The first-order valence-corrected chi connectivity index (χ1v) is 8.34. The van der Waals surface area contributed by atoms with Crippen molar-refractivity contribution >= 4 is 11.6 Å². The van der Waals surface area contributed by atoms with Crippen molar-refractivity contribution in [2.75, 3.05) is 18.4 Å². The monoisotopic (exact) mass is 286 g/mol. The summed E-state index contributed by atoms with van der Waals surface area (Å²) in [6.45, 7) is 4.08. The van der Waals surface area contributed by atoms with Crippen LogP contribution in [0.5, 0.6) is 0 Å². The van der Waals surface area contributed by atoms with Gasteiger partial charge in [0.05, 0.1) is 0 Å². The van der Waals surface area contributed by atoms with Crippen LogP contribution in [0.3, 0.4) is 0 Å². The largest absolute Gasteiger partial charge is 0.384 e. The highest BCUT2D eigenvalue weighted by molar-refractivity contribution is 5.78. The Balaban J connectivity index is 1.43. The van der Waals surface area contributed by atoms with Gasteiger partial charge in [0.15, 0.2) is 0 Å². The summed E-state index contributed by atoms with van der Waals surface area (Å²) in [6.07, 6.45) is 5.58. The number of nitrogens with one attached hydrogen (secondary N) is 2. The number of carbonyl (C=O) groups excluding carboxylic acids is 1. The van der Waals surface area contributed by atoms with E-state index in [1.807, 2.05) is 0 Å². The molecule has 1 aliphatic heterocycles. The van der Waals surface area contributed by atoms with Crippen LogP contribution in [0.25, 0.3) is 0 Å². The molecule has 0 spiro atoms. The minimum atomic E-state index is 0.259.